The molecule has 0 spiro atoms. The fourth-order valence-electron chi connectivity index (χ4n) is 1.34. The quantitative estimate of drug-likeness (QED) is 0.870. The lowest BCUT2D eigenvalue weighted by molar-refractivity contribution is 0.291. The summed E-state index contributed by atoms with van der Waals surface area (Å²) >= 11 is 5.80. The van der Waals surface area contributed by atoms with Gasteiger partial charge >= 0.3 is 6.01 Å². The highest BCUT2D eigenvalue weighted by Gasteiger charge is 2.07. The van der Waals surface area contributed by atoms with E-state index in [0.717, 1.165) is 17.9 Å². The molecule has 0 aliphatic heterocycles. The lowest BCUT2D eigenvalue weighted by atomic mass is 10.4. The number of anilines is 1. The van der Waals surface area contributed by atoms with Gasteiger partial charge in [-0.2, -0.15) is 15.0 Å². The Kier molecular flexibility index (Phi) is 4.51. The summed E-state index contributed by atoms with van der Waals surface area (Å²) in [7, 11) is 0. The van der Waals surface area contributed by atoms with Gasteiger partial charge in [0, 0.05) is 6.07 Å². The molecule has 2 aromatic rings. The predicted octanol–water partition coefficient (Wildman–Crippen LogP) is 2.22. The summed E-state index contributed by atoms with van der Waals surface area (Å²) in [5.74, 6) is 1.09. The number of halogens is 1. The van der Waals surface area contributed by atoms with E-state index in [9.17, 15) is 0 Å². The van der Waals surface area contributed by atoms with Gasteiger partial charge in [-0.1, -0.05) is 12.1 Å². The van der Waals surface area contributed by atoms with Crippen molar-refractivity contribution < 1.29 is 9.26 Å². The molecule has 8 heteroatoms. The molecule has 102 valence electrons. The van der Waals surface area contributed by atoms with Crippen LogP contribution in [0.25, 0.3) is 0 Å². The van der Waals surface area contributed by atoms with E-state index in [-0.39, 0.29) is 11.3 Å². The zero-order chi connectivity index (χ0) is 13.7. The molecule has 19 heavy (non-hydrogen) atoms. The average Bonchev–Trinajstić information content (AvgIpc) is 2.79. The van der Waals surface area contributed by atoms with Gasteiger partial charge in [0.1, 0.15) is 11.5 Å². The summed E-state index contributed by atoms with van der Waals surface area (Å²) in [6.07, 6.45) is 0.865. The number of ether oxygens (including phenoxy) is 1. The molecule has 0 aromatic carbocycles. The summed E-state index contributed by atoms with van der Waals surface area (Å²) in [5, 5.41) is 6.92. The summed E-state index contributed by atoms with van der Waals surface area (Å²) < 4.78 is 10.3. The Morgan fingerprint density at radius 3 is 2.89 bits per heavy atom. The van der Waals surface area contributed by atoms with Gasteiger partial charge in [0.15, 0.2) is 0 Å². The van der Waals surface area contributed by atoms with Crippen LogP contribution >= 0.6 is 11.6 Å². The standard InChI is InChI=1S/C11H14ClN5O2/c1-3-4-18-11-15-9(12)14-10(16-11)13-6-8-5-7(2)19-17-8/h5H,3-4,6H2,1-2H3,(H,13,14,15,16). The highest BCUT2D eigenvalue weighted by molar-refractivity contribution is 6.28. The van der Waals surface area contributed by atoms with Crippen LogP contribution in [0.15, 0.2) is 10.6 Å². The highest BCUT2D eigenvalue weighted by Crippen LogP contribution is 2.12. The molecule has 0 saturated heterocycles. The van der Waals surface area contributed by atoms with Crippen molar-refractivity contribution in [2.45, 2.75) is 26.8 Å². The van der Waals surface area contributed by atoms with Crippen LogP contribution in [0.4, 0.5) is 5.95 Å². The van der Waals surface area contributed by atoms with Gasteiger partial charge in [-0.05, 0) is 24.9 Å². The zero-order valence-electron chi connectivity index (χ0n) is 10.7. The van der Waals surface area contributed by atoms with Crippen LogP contribution in [0.2, 0.25) is 5.28 Å². The molecule has 2 aromatic heterocycles. The van der Waals surface area contributed by atoms with E-state index in [0.29, 0.717) is 19.1 Å². The minimum absolute atomic E-state index is 0.0833. The molecule has 0 bridgehead atoms. The first kappa shape index (κ1) is 13.5. The third kappa shape index (κ3) is 4.06. The van der Waals surface area contributed by atoms with Gasteiger partial charge in [0.2, 0.25) is 11.2 Å². The molecule has 0 aliphatic rings. The Hall–Kier alpha value is -1.89. The molecule has 0 fully saturated rings. The van der Waals surface area contributed by atoms with E-state index < -0.39 is 0 Å². The summed E-state index contributed by atoms with van der Waals surface area (Å²) in [6.45, 7) is 4.79. The summed E-state index contributed by atoms with van der Waals surface area (Å²) in [5.41, 5.74) is 0.755. The Balaban J connectivity index is 2.01. The second-order valence-electron chi connectivity index (χ2n) is 3.84. The smallest absolute Gasteiger partial charge is 0.322 e. The maximum absolute atomic E-state index is 5.80. The monoisotopic (exact) mass is 283 g/mol. The first-order valence-corrected chi connectivity index (χ1v) is 6.25. The molecule has 0 amide bonds. The Bertz CT molecular complexity index is 546. The minimum atomic E-state index is 0.0833. The van der Waals surface area contributed by atoms with Crippen molar-refractivity contribution in [2.75, 3.05) is 11.9 Å². The van der Waals surface area contributed by atoms with Crippen LogP contribution in [-0.2, 0) is 6.54 Å². The third-order valence-corrected chi connectivity index (χ3v) is 2.30. The molecule has 1 N–H and O–H groups in total. The number of aryl methyl sites for hydroxylation is 1. The number of nitrogens with one attached hydrogen (secondary N) is 1. The van der Waals surface area contributed by atoms with Gasteiger partial charge in [-0.3, -0.25) is 0 Å². The van der Waals surface area contributed by atoms with Gasteiger partial charge < -0.3 is 14.6 Å². The SMILES string of the molecule is CCCOc1nc(Cl)nc(NCc2cc(C)on2)n1. The first-order chi connectivity index (χ1) is 9.17. The fourth-order valence-corrected chi connectivity index (χ4v) is 1.49. The highest BCUT2D eigenvalue weighted by atomic mass is 35.5. The van der Waals surface area contributed by atoms with Crippen LogP contribution in [0.5, 0.6) is 6.01 Å². The van der Waals surface area contributed by atoms with E-state index >= 15 is 0 Å². The van der Waals surface area contributed by atoms with Crippen LogP contribution in [-0.4, -0.2) is 26.7 Å². The van der Waals surface area contributed by atoms with Crippen LogP contribution in [0.1, 0.15) is 24.8 Å². The Morgan fingerprint density at radius 2 is 2.21 bits per heavy atom. The van der Waals surface area contributed by atoms with Crippen molar-refractivity contribution in [3.8, 4) is 6.01 Å². The molecular formula is C11H14ClN5O2. The molecule has 2 heterocycles. The minimum Gasteiger partial charge on any atom is -0.463 e. The largest absolute Gasteiger partial charge is 0.463 e. The van der Waals surface area contributed by atoms with Gasteiger partial charge in [0.25, 0.3) is 0 Å². The van der Waals surface area contributed by atoms with E-state index in [1.807, 2.05) is 19.9 Å². The number of aromatic nitrogens is 4. The number of nitrogens with zero attached hydrogens (tertiary/aromatic N) is 4. The maximum Gasteiger partial charge on any atom is 0.322 e. The second kappa shape index (κ2) is 6.33. The molecule has 2 rings (SSSR count). The topological polar surface area (TPSA) is 86.0 Å². The third-order valence-electron chi connectivity index (χ3n) is 2.13. The normalized spacial score (nSPS) is 10.5. The molecule has 0 unspecified atom stereocenters. The van der Waals surface area contributed by atoms with E-state index in [2.05, 4.69) is 25.4 Å². The maximum atomic E-state index is 5.80. The number of hydrogen-bond acceptors (Lipinski definition) is 7. The van der Waals surface area contributed by atoms with Crippen LogP contribution < -0.4 is 10.1 Å². The lowest BCUT2D eigenvalue weighted by Gasteiger charge is -2.05. The predicted molar refractivity (Wildman–Crippen MR) is 69.2 cm³/mol. The fraction of sp³-hybridized carbons (Fsp3) is 0.455. The average molecular weight is 284 g/mol. The molecule has 7 nitrogen and oxygen atoms in total. The molecule has 0 aliphatic carbocycles. The number of hydrogen-bond donors (Lipinski definition) is 1. The molecule has 0 atom stereocenters. The van der Waals surface area contributed by atoms with E-state index in [1.165, 1.54) is 0 Å². The van der Waals surface area contributed by atoms with E-state index in [4.69, 9.17) is 20.9 Å². The molecule has 0 saturated carbocycles. The van der Waals surface area contributed by atoms with Crippen molar-refractivity contribution in [2.24, 2.45) is 0 Å². The first-order valence-electron chi connectivity index (χ1n) is 5.88. The van der Waals surface area contributed by atoms with E-state index in [1.54, 1.807) is 0 Å². The Morgan fingerprint density at radius 1 is 1.37 bits per heavy atom. The van der Waals surface area contributed by atoms with Crippen LogP contribution in [0.3, 0.4) is 0 Å². The lowest BCUT2D eigenvalue weighted by Crippen LogP contribution is -2.07. The summed E-state index contributed by atoms with van der Waals surface area (Å²) in [4.78, 5) is 11.9. The van der Waals surface area contributed by atoms with Crippen LogP contribution in [0, 0.1) is 6.92 Å². The Labute approximate surface area is 115 Å². The molecular weight excluding hydrogens is 270 g/mol. The molecule has 0 radical (unpaired) electrons. The van der Waals surface area contributed by atoms with Gasteiger partial charge in [-0.25, -0.2) is 0 Å². The van der Waals surface area contributed by atoms with Gasteiger partial charge in [-0.15, -0.1) is 0 Å². The van der Waals surface area contributed by atoms with Crippen molar-refractivity contribution in [3.05, 3.63) is 22.8 Å². The van der Waals surface area contributed by atoms with Crippen molar-refractivity contribution in [1.82, 2.24) is 20.1 Å². The van der Waals surface area contributed by atoms with Gasteiger partial charge in [0.05, 0.1) is 13.2 Å². The number of rotatable bonds is 6. The second-order valence-corrected chi connectivity index (χ2v) is 4.18. The van der Waals surface area contributed by atoms with Crippen molar-refractivity contribution >= 4 is 17.5 Å². The van der Waals surface area contributed by atoms with Crippen molar-refractivity contribution in [3.63, 3.8) is 0 Å². The zero-order valence-corrected chi connectivity index (χ0v) is 11.4. The van der Waals surface area contributed by atoms with Crippen molar-refractivity contribution in [1.29, 1.82) is 0 Å². The summed E-state index contributed by atoms with van der Waals surface area (Å²) in [6, 6.07) is 2.03.